The van der Waals surface area contributed by atoms with E-state index in [1.54, 1.807) is 0 Å². The highest BCUT2D eigenvalue weighted by atomic mass is 32.2. The van der Waals surface area contributed by atoms with Crippen molar-refractivity contribution >= 4 is 16.0 Å². The van der Waals surface area contributed by atoms with Gasteiger partial charge in [0, 0.05) is 0 Å². The number of carboxylic acid groups (broad SMARTS) is 1. The lowest BCUT2D eigenvalue weighted by molar-refractivity contribution is -0.145. The van der Waals surface area contributed by atoms with Crippen molar-refractivity contribution in [2.45, 2.75) is 57.4 Å². The molecule has 100 valence electrons. The molecule has 1 aliphatic carbocycles. The molecule has 0 spiro atoms. The summed E-state index contributed by atoms with van der Waals surface area (Å²) in [6.07, 6.45) is 4.64. The van der Waals surface area contributed by atoms with Crippen molar-refractivity contribution in [2.75, 3.05) is 5.75 Å². The van der Waals surface area contributed by atoms with Crippen molar-refractivity contribution in [2.24, 2.45) is 0 Å². The highest BCUT2D eigenvalue weighted by Gasteiger charge is 2.42. The second-order valence-corrected chi connectivity index (χ2v) is 6.56. The van der Waals surface area contributed by atoms with E-state index in [-0.39, 0.29) is 5.75 Å². The maximum atomic E-state index is 11.8. The largest absolute Gasteiger partial charge is 0.480 e. The summed E-state index contributed by atoms with van der Waals surface area (Å²) in [5.74, 6) is -1.03. The molecular formula is C11H21NO4S. The predicted octanol–water partition coefficient (Wildman–Crippen LogP) is 1.49. The van der Waals surface area contributed by atoms with Crippen molar-refractivity contribution in [1.29, 1.82) is 0 Å². The van der Waals surface area contributed by atoms with Crippen LogP contribution in [0.5, 0.6) is 0 Å². The van der Waals surface area contributed by atoms with E-state index in [9.17, 15) is 18.3 Å². The number of carbonyl (C=O) groups is 1. The Balaban J connectivity index is 2.76. The summed E-state index contributed by atoms with van der Waals surface area (Å²) in [5.41, 5.74) is -1.26. The first-order valence-electron chi connectivity index (χ1n) is 6.17. The van der Waals surface area contributed by atoms with Crippen LogP contribution in [0.4, 0.5) is 0 Å². The molecule has 0 aliphatic heterocycles. The molecule has 1 aliphatic rings. The predicted molar refractivity (Wildman–Crippen MR) is 65.3 cm³/mol. The molecule has 0 atom stereocenters. The van der Waals surface area contributed by atoms with E-state index < -0.39 is 21.5 Å². The Hall–Kier alpha value is -0.620. The molecular weight excluding hydrogens is 242 g/mol. The molecule has 0 bridgehead atoms. The normalized spacial score (nSPS) is 20.1. The second kappa shape index (κ2) is 5.82. The van der Waals surface area contributed by atoms with Crippen LogP contribution in [0.25, 0.3) is 0 Å². The number of hydrogen-bond acceptors (Lipinski definition) is 3. The van der Waals surface area contributed by atoms with Crippen LogP contribution in [0.3, 0.4) is 0 Å². The summed E-state index contributed by atoms with van der Waals surface area (Å²) in [7, 11) is -3.48. The van der Waals surface area contributed by atoms with E-state index in [0.717, 1.165) is 25.7 Å². The van der Waals surface area contributed by atoms with E-state index in [4.69, 9.17) is 0 Å². The lowest BCUT2D eigenvalue weighted by Crippen LogP contribution is -2.55. The van der Waals surface area contributed by atoms with Gasteiger partial charge in [0.2, 0.25) is 10.0 Å². The van der Waals surface area contributed by atoms with E-state index in [2.05, 4.69) is 4.72 Å². The van der Waals surface area contributed by atoms with Crippen molar-refractivity contribution in [3.8, 4) is 0 Å². The van der Waals surface area contributed by atoms with Gasteiger partial charge in [0.25, 0.3) is 0 Å². The van der Waals surface area contributed by atoms with Crippen LogP contribution in [0.2, 0.25) is 0 Å². The first kappa shape index (κ1) is 14.4. The number of hydrogen-bond donors (Lipinski definition) is 2. The molecule has 5 nitrogen and oxygen atoms in total. The lowest BCUT2D eigenvalue weighted by Gasteiger charge is -2.33. The highest BCUT2D eigenvalue weighted by Crippen LogP contribution is 2.29. The number of unbranched alkanes of at least 4 members (excludes halogenated alkanes) is 1. The Morgan fingerprint density at radius 3 is 2.35 bits per heavy atom. The molecule has 0 unspecified atom stereocenters. The topological polar surface area (TPSA) is 83.5 Å². The van der Waals surface area contributed by atoms with Gasteiger partial charge in [-0.15, -0.1) is 0 Å². The van der Waals surface area contributed by atoms with Crippen molar-refractivity contribution in [3.63, 3.8) is 0 Å². The Morgan fingerprint density at radius 2 is 1.88 bits per heavy atom. The number of nitrogens with one attached hydrogen (secondary N) is 1. The number of rotatable bonds is 6. The van der Waals surface area contributed by atoms with Crippen LogP contribution in [0, 0.1) is 0 Å². The summed E-state index contributed by atoms with van der Waals surface area (Å²) in [6, 6.07) is 0. The van der Waals surface area contributed by atoms with Crippen LogP contribution in [-0.2, 0) is 14.8 Å². The average molecular weight is 263 g/mol. The molecule has 0 radical (unpaired) electrons. The van der Waals surface area contributed by atoms with Gasteiger partial charge >= 0.3 is 5.97 Å². The van der Waals surface area contributed by atoms with Gasteiger partial charge in [0.1, 0.15) is 5.54 Å². The molecule has 0 aromatic carbocycles. The van der Waals surface area contributed by atoms with Crippen molar-refractivity contribution in [1.82, 2.24) is 4.72 Å². The van der Waals surface area contributed by atoms with E-state index in [1.165, 1.54) is 0 Å². The molecule has 0 aromatic heterocycles. The third kappa shape index (κ3) is 3.96. The van der Waals surface area contributed by atoms with Gasteiger partial charge in [0.05, 0.1) is 5.75 Å². The molecule has 0 saturated heterocycles. The fraction of sp³-hybridized carbons (Fsp3) is 0.909. The van der Waals surface area contributed by atoms with Crippen molar-refractivity contribution in [3.05, 3.63) is 0 Å². The van der Waals surface area contributed by atoms with E-state index >= 15 is 0 Å². The van der Waals surface area contributed by atoms with Crippen LogP contribution >= 0.6 is 0 Å². The molecule has 0 amide bonds. The fourth-order valence-corrected chi connectivity index (χ4v) is 3.86. The molecule has 6 heteroatoms. The van der Waals surface area contributed by atoms with Gasteiger partial charge in [-0.2, -0.15) is 4.72 Å². The Morgan fingerprint density at radius 1 is 1.29 bits per heavy atom. The SMILES string of the molecule is CCCCS(=O)(=O)NC1(C(=O)O)CCCCC1. The zero-order valence-electron chi connectivity index (χ0n) is 10.2. The minimum absolute atomic E-state index is 0.0124. The summed E-state index contributed by atoms with van der Waals surface area (Å²) in [5, 5.41) is 9.25. The van der Waals surface area contributed by atoms with Gasteiger partial charge in [-0.1, -0.05) is 32.6 Å². The van der Waals surface area contributed by atoms with Gasteiger partial charge in [-0.3, -0.25) is 4.79 Å². The maximum Gasteiger partial charge on any atom is 0.324 e. The summed E-state index contributed by atoms with van der Waals surface area (Å²) >= 11 is 0. The standard InChI is InChI=1S/C11H21NO4S/c1-2-3-9-17(15,16)12-11(10(13)14)7-5-4-6-8-11/h12H,2-9H2,1H3,(H,13,14). The third-order valence-electron chi connectivity index (χ3n) is 3.23. The van der Waals surface area contributed by atoms with Crippen LogP contribution < -0.4 is 4.72 Å². The first-order chi connectivity index (χ1) is 7.92. The average Bonchev–Trinajstić information content (AvgIpc) is 2.27. The molecule has 0 heterocycles. The van der Waals surface area contributed by atoms with Crippen molar-refractivity contribution < 1.29 is 18.3 Å². The Bertz CT molecular complexity index is 358. The summed E-state index contributed by atoms with van der Waals surface area (Å²) in [4.78, 5) is 11.3. The highest BCUT2D eigenvalue weighted by molar-refractivity contribution is 7.89. The Kier molecular flexibility index (Phi) is 4.94. The summed E-state index contributed by atoms with van der Waals surface area (Å²) < 4.78 is 26.0. The molecule has 0 aromatic rings. The zero-order valence-corrected chi connectivity index (χ0v) is 11.1. The smallest absolute Gasteiger partial charge is 0.324 e. The number of sulfonamides is 1. The third-order valence-corrected chi connectivity index (χ3v) is 4.76. The quantitative estimate of drug-likeness (QED) is 0.760. The van der Waals surface area contributed by atoms with Crippen LogP contribution in [-0.4, -0.2) is 30.8 Å². The minimum Gasteiger partial charge on any atom is -0.480 e. The molecule has 1 saturated carbocycles. The molecule has 1 fully saturated rings. The fourth-order valence-electron chi connectivity index (χ4n) is 2.20. The van der Waals surface area contributed by atoms with E-state index in [1.807, 2.05) is 6.92 Å². The number of aliphatic carboxylic acids is 1. The zero-order chi connectivity index (χ0) is 12.9. The van der Waals surface area contributed by atoms with Gasteiger partial charge < -0.3 is 5.11 Å². The van der Waals surface area contributed by atoms with Gasteiger partial charge in [-0.25, -0.2) is 8.42 Å². The summed E-state index contributed by atoms with van der Waals surface area (Å²) in [6.45, 7) is 1.91. The molecule has 17 heavy (non-hydrogen) atoms. The van der Waals surface area contributed by atoms with Gasteiger partial charge in [-0.05, 0) is 19.3 Å². The maximum absolute atomic E-state index is 11.8. The second-order valence-electron chi connectivity index (χ2n) is 4.72. The van der Waals surface area contributed by atoms with Gasteiger partial charge in [0.15, 0.2) is 0 Å². The Labute approximate surface area is 103 Å². The van der Waals surface area contributed by atoms with Crippen LogP contribution in [0.1, 0.15) is 51.9 Å². The van der Waals surface area contributed by atoms with E-state index in [0.29, 0.717) is 19.3 Å². The molecule has 2 N–H and O–H groups in total. The minimum atomic E-state index is -3.48. The number of carboxylic acids is 1. The van der Waals surface area contributed by atoms with Crippen LogP contribution in [0.15, 0.2) is 0 Å². The monoisotopic (exact) mass is 263 g/mol. The lowest BCUT2D eigenvalue weighted by atomic mass is 9.83. The first-order valence-corrected chi connectivity index (χ1v) is 7.82. The molecule has 1 rings (SSSR count).